The Balaban J connectivity index is 1.89. The summed E-state index contributed by atoms with van der Waals surface area (Å²) in [5.41, 5.74) is 0. The Bertz CT molecular complexity index is 295. The number of carbonyl (C=O) groups excluding carboxylic acids is 1. The van der Waals surface area contributed by atoms with E-state index in [9.17, 15) is 18.0 Å². The van der Waals surface area contributed by atoms with Gasteiger partial charge in [0.05, 0.1) is 12.7 Å². The second kappa shape index (κ2) is 9.97. The molecule has 0 radical (unpaired) electrons. The number of ether oxygens (including phenoxy) is 2. The van der Waals surface area contributed by atoms with Crippen LogP contribution >= 0.6 is 0 Å². The van der Waals surface area contributed by atoms with E-state index in [2.05, 4.69) is 15.4 Å². The summed E-state index contributed by atoms with van der Waals surface area (Å²) in [6.45, 7) is 1.44. The molecule has 1 amide bonds. The zero-order valence-electron chi connectivity index (χ0n) is 12.0. The van der Waals surface area contributed by atoms with E-state index >= 15 is 0 Å². The van der Waals surface area contributed by atoms with Crippen molar-refractivity contribution in [3.63, 3.8) is 0 Å². The van der Waals surface area contributed by atoms with Gasteiger partial charge < -0.3 is 20.1 Å². The fourth-order valence-electron chi connectivity index (χ4n) is 1.95. The Morgan fingerprint density at radius 3 is 2.62 bits per heavy atom. The highest BCUT2D eigenvalue weighted by Crippen LogP contribution is 2.14. The van der Waals surface area contributed by atoms with E-state index in [1.165, 1.54) is 0 Å². The van der Waals surface area contributed by atoms with Crippen molar-refractivity contribution in [1.82, 2.24) is 10.6 Å². The molecular formula is C13H23F3N2O3. The standard InChI is InChI=1S/C13H23F3N2O3/c14-13(15,16)10-20-9-4-12(19)18-5-1-8-21-11-2-6-17-7-3-11/h11,17H,1-10H2,(H,18,19). The maximum Gasteiger partial charge on any atom is 0.411 e. The van der Waals surface area contributed by atoms with Crippen LogP contribution in [0, 0.1) is 0 Å². The lowest BCUT2D eigenvalue weighted by Gasteiger charge is -2.22. The van der Waals surface area contributed by atoms with Crippen molar-refractivity contribution < 1.29 is 27.4 Å². The highest BCUT2D eigenvalue weighted by molar-refractivity contribution is 5.75. The third-order valence-corrected chi connectivity index (χ3v) is 3.02. The molecule has 1 aliphatic heterocycles. The fourth-order valence-corrected chi connectivity index (χ4v) is 1.95. The molecule has 1 saturated heterocycles. The molecule has 5 nitrogen and oxygen atoms in total. The SMILES string of the molecule is O=C(CCOCC(F)(F)F)NCCCOC1CCNCC1. The number of amides is 1. The van der Waals surface area contributed by atoms with Crippen LogP contribution in [0.15, 0.2) is 0 Å². The number of nitrogens with one attached hydrogen (secondary N) is 2. The van der Waals surface area contributed by atoms with Gasteiger partial charge in [-0.2, -0.15) is 13.2 Å². The second-order valence-corrected chi connectivity index (χ2v) is 4.94. The number of piperidine rings is 1. The Morgan fingerprint density at radius 1 is 1.24 bits per heavy atom. The summed E-state index contributed by atoms with van der Waals surface area (Å²) in [6, 6.07) is 0. The predicted octanol–water partition coefficient (Wildman–Crippen LogP) is 1.23. The van der Waals surface area contributed by atoms with Gasteiger partial charge in [0.1, 0.15) is 6.61 Å². The molecule has 0 aromatic rings. The van der Waals surface area contributed by atoms with E-state index in [0.717, 1.165) is 25.9 Å². The van der Waals surface area contributed by atoms with E-state index < -0.39 is 12.8 Å². The minimum absolute atomic E-state index is 0.0643. The lowest BCUT2D eigenvalue weighted by atomic mass is 10.1. The summed E-state index contributed by atoms with van der Waals surface area (Å²) < 4.78 is 45.4. The van der Waals surface area contributed by atoms with Crippen molar-refractivity contribution in [2.24, 2.45) is 0 Å². The highest BCUT2D eigenvalue weighted by atomic mass is 19.4. The first kappa shape index (κ1) is 18.2. The van der Waals surface area contributed by atoms with Crippen LogP contribution in [0.5, 0.6) is 0 Å². The molecule has 1 fully saturated rings. The molecule has 0 spiro atoms. The van der Waals surface area contributed by atoms with Crippen molar-refractivity contribution in [3.05, 3.63) is 0 Å². The quantitative estimate of drug-likeness (QED) is 0.629. The van der Waals surface area contributed by atoms with Crippen LogP contribution in [0.1, 0.15) is 25.7 Å². The molecule has 0 unspecified atom stereocenters. The molecule has 0 aliphatic carbocycles. The topological polar surface area (TPSA) is 59.6 Å². The van der Waals surface area contributed by atoms with Crippen LogP contribution in [-0.2, 0) is 14.3 Å². The number of halogens is 3. The van der Waals surface area contributed by atoms with E-state index in [4.69, 9.17) is 4.74 Å². The van der Waals surface area contributed by atoms with Gasteiger partial charge in [-0.1, -0.05) is 0 Å². The molecule has 0 saturated carbocycles. The number of carbonyl (C=O) groups is 1. The monoisotopic (exact) mass is 312 g/mol. The van der Waals surface area contributed by atoms with Gasteiger partial charge in [0.15, 0.2) is 0 Å². The molecule has 8 heteroatoms. The number of alkyl halides is 3. The van der Waals surface area contributed by atoms with Crippen molar-refractivity contribution in [3.8, 4) is 0 Å². The van der Waals surface area contributed by atoms with Crippen LogP contribution in [0.4, 0.5) is 13.2 Å². The minimum atomic E-state index is -4.34. The summed E-state index contributed by atoms with van der Waals surface area (Å²) in [6.07, 6.45) is -1.42. The lowest BCUT2D eigenvalue weighted by Crippen LogP contribution is -2.33. The van der Waals surface area contributed by atoms with Crippen LogP contribution in [0.3, 0.4) is 0 Å². The number of rotatable bonds is 9. The summed E-state index contributed by atoms with van der Waals surface area (Å²) in [5, 5.41) is 5.87. The predicted molar refractivity (Wildman–Crippen MR) is 71.0 cm³/mol. The zero-order valence-corrected chi connectivity index (χ0v) is 12.0. The van der Waals surface area contributed by atoms with Gasteiger partial charge in [0.2, 0.25) is 5.91 Å². The van der Waals surface area contributed by atoms with Crippen molar-refractivity contribution >= 4 is 5.91 Å². The molecule has 1 heterocycles. The normalized spacial score (nSPS) is 16.9. The molecule has 21 heavy (non-hydrogen) atoms. The minimum Gasteiger partial charge on any atom is -0.378 e. The molecule has 0 aromatic carbocycles. The summed E-state index contributed by atoms with van der Waals surface area (Å²) in [7, 11) is 0. The molecule has 2 N–H and O–H groups in total. The molecular weight excluding hydrogens is 289 g/mol. The van der Waals surface area contributed by atoms with Crippen molar-refractivity contribution in [1.29, 1.82) is 0 Å². The largest absolute Gasteiger partial charge is 0.411 e. The van der Waals surface area contributed by atoms with Crippen LogP contribution in [0.2, 0.25) is 0 Å². The van der Waals surface area contributed by atoms with Gasteiger partial charge in [0, 0.05) is 19.6 Å². The van der Waals surface area contributed by atoms with E-state index in [1.807, 2.05) is 0 Å². The van der Waals surface area contributed by atoms with Crippen LogP contribution in [0.25, 0.3) is 0 Å². The van der Waals surface area contributed by atoms with Crippen molar-refractivity contribution in [2.45, 2.75) is 38.0 Å². The highest BCUT2D eigenvalue weighted by Gasteiger charge is 2.27. The molecule has 0 atom stereocenters. The average Bonchev–Trinajstić information content (AvgIpc) is 2.43. The first-order valence-corrected chi connectivity index (χ1v) is 7.21. The zero-order chi connectivity index (χ0) is 15.6. The van der Waals surface area contributed by atoms with Gasteiger partial charge >= 0.3 is 6.18 Å². The van der Waals surface area contributed by atoms with E-state index in [1.54, 1.807) is 0 Å². The number of hydrogen-bond acceptors (Lipinski definition) is 4. The smallest absolute Gasteiger partial charge is 0.378 e. The summed E-state index contributed by atoms with van der Waals surface area (Å²) in [4.78, 5) is 11.3. The van der Waals surface area contributed by atoms with Gasteiger partial charge in [0.25, 0.3) is 0 Å². The van der Waals surface area contributed by atoms with Crippen LogP contribution < -0.4 is 10.6 Å². The fraction of sp³-hybridized carbons (Fsp3) is 0.923. The molecule has 0 bridgehead atoms. The Hall–Kier alpha value is -0.860. The first-order valence-electron chi connectivity index (χ1n) is 7.21. The summed E-state index contributed by atoms with van der Waals surface area (Å²) >= 11 is 0. The average molecular weight is 312 g/mol. The third kappa shape index (κ3) is 10.5. The number of hydrogen-bond donors (Lipinski definition) is 2. The Kier molecular flexibility index (Phi) is 8.63. The molecule has 0 aromatic heterocycles. The second-order valence-electron chi connectivity index (χ2n) is 4.94. The van der Waals surface area contributed by atoms with Gasteiger partial charge in [-0.15, -0.1) is 0 Å². The van der Waals surface area contributed by atoms with Gasteiger partial charge in [-0.05, 0) is 32.4 Å². The molecule has 1 rings (SSSR count). The van der Waals surface area contributed by atoms with E-state index in [0.29, 0.717) is 19.6 Å². The molecule has 124 valence electrons. The van der Waals surface area contributed by atoms with Crippen molar-refractivity contribution in [2.75, 3.05) is 39.5 Å². The van der Waals surface area contributed by atoms with Gasteiger partial charge in [-0.25, -0.2) is 0 Å². The van der Waals surface area contributed by atoms with E-state index in [-0.39, 0.29) is 25.0 Å². The van der Waals surface area contributed by atoms with Crippen LogP contribution in [-0.4, -0.2) is 57.6 Å². The lowest BCUT2D eigenvalue weighted by molar-refractivity contribution is -0.174. The maximum atomic E-state index is 11.8. The summed E-state index contributed by atoms with van der Waals surface area (Å²) in [5.74, 6) is -0.306. The molecule has 1 aliphatic rings. The maximum absolute atomic E-state index is 11.8. The first-order chi connectivity index (χ1) is 9.97. The Morgan fingerprint density at radius 2 is 1.95 bits per heavy atom. The Labute approximate surface area is 122 Å². The van der Waals surface area contributed by atoms with Gasteiger partial charge in [-0.3, -0.25) is 4.79 Å². The third-order valence-electron chi connectivity index (χ3n) is 3.02.